The van der Waals surface area contributed by atoms with E-state index in [4.69, 9.17) is 16.3 Å². The number of halogens is 1. The minimum Gasteiger partial charge on any atom is -0.372 e. The second-order valence-corrected chi connectivity index (χ2v) is 7.05. The maximum Gasteiger partial charge on any atom is 0.255 e. The number of rotatable bonds is 4. The lowest BCUT2D eigenvalue weighted by molar-refractivity contribution is -0.00521. The topological polar surface area (TPSA) is 50.4 Å². The highest BCUT2D eigenvalue weighted by Crippen LogP contribution is 2.34. The smallest absolute Gasteiger partial charge is 0.255 e. The van der Waals surface area contributed by atoms with Crippen molar-refractivity contribution in [3.05, 3.63) is 64.7 Å². The van der Waals surface area contributed by atoms with Gasteiger partial charge in [0.05, 0.1) is 12.2 Å². The number of carbonyl (C=O) groups excluding carboxylic acids is 1. The maximum atomic E-state index is 12.2. The number of anilines is 1. The third-order valence-corrected chi connectivity index (χ3v) is 4.98. The Morgan fingerprint density at radius 1 is 1.29 bits per heavy atom. The first-order chi connectivity index (χ1) is 11.6. The zero-order valence-electron chi connectivity index (χ0n) is 13.2. The number of nitrogens with one attached hydrogen (secondary N) is 2. The maximum absolute atomic E-state index is 12.2. The summed E-state index contributed by atoms with van der Waals surface area (Å²) in [5, 5.41) is 6.93. The number of amides is 1. The van der Waals surface area contributed by atoms with Gasteiger partial charge in [0.25, 0.3) is 5.91 Å². The highest BCUT2D eigenvalue weighted by Gasteiger charge is 2.45. The van der Waals surface area contributed by atoms with E-state index in [0.717, 1.165) is 31.7 Å². The predicted octanol–water partition coefficient (Wildman–Crippen LogP) is 3.27. The fourth-order valence-electron chi connectivity index (χ4n) is 3.53. The second kappa shape index (κ2) is 6.20. The molecule has 0 spiro atoms. The summed E-state index contributed by atoms with van der Waals surface area (Å²) < 4.78 is 5.96. The molecule has 2 bridgehead atoms. The van der Waals surface area contributed by atoms with Crippen LogP contribution in [0.3, 0.4) is 0 Å². The van der Waals surface area contributed by atoms with Gasteiger partial charge in [0.15, 0.2) is 0 Å². The molecule has 2 aliphatic rings. The molecule has 2 N–H and O–H groups in total. The molecule has 0 saturated carbocycles. The van der Waals surface area contributed by atoms with Gasteiger partial charge >= 0.3 is 0 Å². The molecule has 2 unspecified atom stereocenters. The molecule has 0 aliphatic carbocycles. The SMILES string of the molecule is O=C(Nc1ccc(CC23CNC(CO2)C3)cc1)c1cccc(Cl)c1. The molecule has 2 aromatic carbocycles. The zero-order chi connectivity index (χ0) is 16.6. The molecule has 124 valence electrons. The number of ether oxygens (including phenoxy) is 1. The standard InChI is InChI=1S/C19H19ClN2O2/c20-15-3-1-2-14(8-15)18(23)22-16-6-4-13(5-7-16)9-19-10-17(11-24-19)21-12-19/h1-8,17,21H,9-12H2,(H,22,23). The summed E-state index contributed by atoms with van der Waals surface area (Å²) >= 11 is 5.93. The van der Waals surface area contributed by atoms with E-state index in [1.807, 2.05) is 12.1 Å². The molecule has 0 aromatic heterocycles. The Labute approximate surface area is 146 Å². The van der Waals surface area contributed by atoms with Crippen LogP contribution < -0.4 is 10.6 Å². The number of morpholine rings is 1. The summed E-state index contributed by atoms with van der Waals surface area (Å²) in [5.74, 6) is -0.161. The average molecular weight is 343 g/mol. The lowest BCUT2D eigenvalue weighted by Crippen LogP contribution is -2.40. The molecule has 2 saturated heterocycles. The van der Waals surface area contributed by atoms with E-state index in [0.29, 0.717) is 16.6 Å². The Morgan fingerprint density at radius 3 is 2.75 bits per heavy atom. The first-order valence-corrected chi connectivity index (χ1v) is 8.53. The van der Waals surface area contributed by atoms with Crippen molar-refractivity contribution >= 4 is 23.2 Å². The molecular weight excluding hydrogens is 324 g/mol. The monoisotopic (exact) mass is 342 g/mol. The van der Waals surface area contributed by atoms with Gasteiger partial charge in [-0.3, -0.25) is 4.79 Å². The van der Waals surface area contributed by atoms with Crippen molar-refractivity contribution in [3.63, 3.8) is 0 Å². The molecule has 0 radical (unpaired) electrons. The van der Waals surface area contributed by atoms with Crippen LogP contribution in [-0.2, 0) is 11.2 Å². The quantitative estimate of drug-likeness (QED) is 0.896. The number of hydrogen-bond acceptors (Lipinski definition) is 3. The molecule has 5 heteroatoms. The van der Waals surface area contributed by atoms with Crippen molar-refractivity contribution in [1.29, 1.82) is 0 Å². The average Bonchev–Trinajstić information content (AvgIpc) is 3.17. The summed E-state index contributed by atoms with van der Waals surface area (Å²) in [4.78, 5) is 12.2. The molecule has 4 nitrogen and oxygen atoms in total. The third-order valence-electron chi connectivity index (χ3n) is 4.75. The molecule has 2 fully saturated rings. The van der Waals surface area contributed by atoms with E-state index in [1.165, 1.54) is 5.56 Å². The van der Waals surface area contributed by atoms with Gasteiger partial charge in [0, 0.05) is 35.3 Å². The van der Waals surface area contributed by atoms with Crippen molar-refractivity contribution in [2.24, 2.45) is 0 Å². The molecule has 2 heterocycles. The largest absolute Gasteiger partial charge is 0.372 e. The number of carbonyl (C=O) groups is 1. The lowest BCUT2D eigenvalue weighted by atomic mass is 9.93. The van der Waals surface area contributed by atoms with Crippen LogP contribution in [-0.4, -0.2) is 30.7 Å². The fourth-order valence-corrected chi connectivity index (χ4v) is 3.72. The van der Waals surface area contributed by atoms with Gasteiger partial charge in [0.1, 0.15) is 0 Å². The van der Waals surface area contributed by atoms with Crippen LogP contribution in [0.2, 0.25) is 5.02 Å². The zero-order valence-corrected chi connectivity index (χ0v) is 14.0. The van der Waals surface area contributed by atoms with E-state index >= 15 is 0 Å². The van der Waals surface area contributed by atoms with Gasteiger partial charge in [-0.05, 0) is 42.3 Å². The Kier molecular flexibility index (Phi) is 4.04. The molecular formula is C19H19ClN2O2. The summed E-state index contributed by atoms with van der Waals surface area (Å²) in [6.45, 7) is 1.73. The van der Waals surface area contributed by atoms with Gasteiger partial charge in [-0.1, -0.05) is 29.8 Å². The van der Waals surface area contributed by atoms with Crippen LogP contribution >= 0.6 is 11.6 Å². The Hall–Kier alpha value is -1.88. The number of benzene rings is 2. The molecule has 2 aromatic rings. The van der Waals surface area contributed by atoms with Gasteiger partial charge in [-0.25, -0.2) is 0 Å². The summed E-state index contributed by atoms with van der Waals surface area (Å²) in [6.07, 6.45) is 1.99. The molecule has 2 atom stereocenters. The van der Waals surface area contributed by atoms with Crippen LogP contribution in [0.4, 0.5) is 5.69 Å². The van der Waals surface area contributed by atoms with Crippen LogP contribution in [0.5, 0.6) is 0 Å². The first kappa shape index (κ1) is 15.6. The van der Waals surface area contributed by atoms with Crippen molar-refractivity contribution in [2.45, 2.75) is 24.5 Å². The fraction of sp³-hybridized carbons (Fsp3) is 0.316. The van der Waals surface area contributed by atoms with Crippen molar-refractivity contribution in [3.8, 4) is 0 Å². The molecule has 1 amide bonds. The third kappa shape index (κ3) is 3.18. The van der Waals surface area contributed by atoms with Gasteiger partial charge in [-0.15, -0.1) is 0 Å². The summed E-state index contributed by atoms with van der Waals surface area (Å²) in [6, 6.07) is 15.4. The number of hydrogen-bond donors (Lipinski definition) is 2. The van der Waals surface area contributed by atoms with E-state index in [-0.39, 0.29) is 11.5 Å². The van der Waals surface area contributed by atoms with Crippen LogP contribution in [0.15, 0.2) is 48.5 Å². The highest BCUT2D eigenvalue weighted by atomic mass is 35.5. The molecule has 2 aliphatic heterocycles. The summed E-state index contributed by atoms with van der Waals surface area (Å²) in [5.41, 5.74) is 2.50. The Bertz CT molecular complexity index is 752. The lowest BCUT2D eigenvalue weighted by Gasteiger charge is -2.26. The van der Waals surface area contributed by atoms with E-state index in [1.54, 1.807) is 24.3 Å². The number of fused-ring (bicyclic) bond motifs is 2. The minimum atomic E-state index is -0.161. The van der Waals surface area contributed by atoms with Crippen molar-refractivity contribution in [2.75, 3.05) is 18.5 Å². The van der Waals surface area contributed by atoms with Gasteiger partial charge < -0.3 is 15.4 Å². The Morgan fingerprint density at radius 2 is 2.12 bits per heavy atom. The summed E-state index contributed by atoms with van der Waals surface area (Å²) in [7, 11) is 0. The normalized spacial score (nSPS) is 25.0. The van der Waals surface area contributed by atoms with Crippen molar-refractivity contribution < 1.29 is 9.53 Å². The van der Waals surface area contributed by atoms with Crippen LogP contribution in [0, 0.1) is 0 Å². The Balaban J connectivity index is 1.41. The van der Waals surface area contributed by atoms with E-state index < -0.39 is 0 Å². The van der Waals surface area contributed by atoms with Crippen LogP contribution in [0.25, 0.3) is 0 Å². The highest BCUT2D eigenvalue weighted by molar-refractivity contribution is 6.31. The molecule has 4 rings (SSSR count). The van der Waals surface area contributed by atoms with Gasteiger partial charge in [0.2, 0.25) is 0 Å². The minimum absolute atomic E-state index is 0.0454. The second-order valence-electron chi connectivity index (χ2n) is 6.61. The van der Waals surface area contributed by atoms with Crippen LogP contribution in [0.1, 0.15) is 22.3 Å². The van der Waals surface area contributed by atoms with E-state index in [2.05, 4.69) is 22.8 Å². The first-order valence-electron chi connectivity index (χ1n) is 8.15. The predicted molar refractivity (Wildman–Crippen MR) is 94.6 cm³/mol. The van der Waals surface area contributed by atoms with E-state index in [9.17, 15) is 4.79 Å². The van der Waals surface area contributed by atoms with Crippen molar-refractivity contribution in [1.82, 2.24) is 5.32 Å². The molecule has 24 heavy (non-hydrogen) atoms. The van der Waals surface area contributed by atoms with Gasteiger partial charge in [-0.2, -0.15) is 0 Å².